The summed E-state index contributed by atoms with van der Waals surface area (Å²) in [5.41, 5.74) is 5.83. The number of hydrogen-bond donors (Lipinski definition) is 1. The van der Waals surface area contributed by atoms with Crippen molar-refractivity contribution in [3.8, 4) is 0 Å². The van der Waals surface area contributed by atoms with Gasteiger partial charge in [0.15, 0.2) is 15.8 Å². The quantitative estimate of drug-likeness (QED) is 0.916. The second-order valence-electron chi connectivity index (χ2n) is 5.45. The van der Waals surface area contributed by atoms with Crippen LogP contribution >= 0.6 is 11.3 Å². The van der Waals surface area contributed by atoms with Crippen LogP contribution in [0.5, 0.6) is 0 Å². The first kappa shape index (κ1) is 13.8. The third kappa shape index (κ3) is 2.02. The van der Waals surface area contributed by atoms with Crippen molar-refractivity contribution in [3.63, 3.8) is 0 Å². The van der Waals surface area contributed by atoms with Crippen LogP contribution in [0.1, 0.15) is 26.7 Å². The maximum absolute atomic E-state index is 12.9. The molecule has 3 heterocycles. The number of nitrogen functional groups attached to an aromatic ring is 1. The van der Waals surface area contributed by atoms with Gasteiger partial charge < -0.3 is 5.73 Å². The molecule has 0 aromatic carbocycles. The summed E-state index contributed by atoms with van der Waals surface area (Å²) in [6.45, 7) is 4.65. The van der Waals surface area contributed by atoms with Gasteiger partial charge in [-0.15, -0.1) is 11.3 Å². The molecule has 0 aliphatic carbocycles. The van der Waals surface area contributed by atoms with E-state index in [-0.39, 0.29) is 16.9 Å². The Morgan fingerprint density at radius 2 is 2.20 bits per heavy atom. The first-order valence-corrected chi connectivity index (χ1v) is 8.96. The van der Waals surface area contributed by atoms with Crippen molar-refractivity contribution < 1.29 is 8.42 Å². The van der Waals surface area contributed by atoms with E-state index in [0.29, 0.717) is 17.4 Å². The molecule has 0 radical (unpaired) electrons. The van der Waals surface area contributed by atoms with Crippen LogP contribution in [-0.2, 0) is 10.0 Å². The van der Waals surface area contributed by atoms with Gasteiger partial charge in [0.25, 0.3) is 10.0 Å². The molecule has 1 saturated heterocycles. The Balaban J connectivity index is 2.08. The third-order valence-corrected chi connectivity index (χ3v) is 6.68. The van der Waals surface area contributed by atoms with Crippen molar-refractivity contribution >= 4 is 32.1 Å². The summed E-state index contributed by atoms with van der Waals surface area (Å²) < 4.78 is 28.9. The predicted molar refractivity (Wildman–Crippen MR) is 79.2 cm³/mol. The second-order valence-corrected chi connectivity index (χ2v) is 8.13. The van der Waals surface area contributed by atoms with Gasteiger partial charge in [0, 0.05) is 24.2 Å². The van der Waals surface area contributed by atoms with E-state index in [1.165, 1.54) is 11.3 Å². The number of nitrogens with zero attached hydrogens (tertiary/aromatic N) is 3. The number of anilines is 1. The van der Waals surface area contributed by atoms with Crippen LogP contribution in [-0.4, -0.2) is 34.7 Å². The van der Waals surface area contributed by atoms with Crippen LogP contribution < -0.4 is 5.73 Å². The Bertz CT molecular complexity index is 734. The van der Waals surface area contributed by atoms with E-state index >= 15 is 0 Å². The molecule has 0 amide bonds. The minimum atomic E-state index is -3.60. The van der Waals surface area contributed by atoms with Crippen molar-refractivity contribution in [2.24, 2.45) is 5.92 Å². The molecule has 6 nitrogen and oxygen atoms in total. The molecular formula is C12H18N4O2S2. The summed E-state index contributed by atoms with van der Waals surface area (Å²) in [7, 11) is -3.60. The summed E-state index contributed by atoms with van der Waals surface area (Å²) in [5.74, 6) is 0.642. The molecule has 3 rings (SSSR count). The Hall–Kier alpha value is -1.12. The van der Waals surface area contributed by atoms with Gasteiger partial charge >= 0.3 is 0 Å². The summed E-state index contributed by atoms with van der Waals surface area (Å²) in [6.07, 6.45) is 3.47. The Labute approximate surface area is 122 Å². The zero-order chi connectivity index (χ0) is 14.5. The van der Waals surface area contributed by atoms with Gasteiger partial charge in [-0.3, -0.25) is 4.40 Å². The molecule has 2 aromatic heterocycles. The van der Waals surface area contributed by atoms with Crippen LogP contribution in [0.25, 0.3) is 4.96 Å². The van der Waals surface area contributed by atoms with E-state index in [1.54, 1.807) is 14.9 Å². The number of hydrogen-bond acceptors (Lipinski definition) is 5. The zero-order valence-electron chi connectivity index (χ0n) is 11.5. The predicted octanol–water partition coefficient (Wildman–Crippen LogP) is 1.79. The van der Waals surface area contributed by atoms with Crippen LogP contribution in [0.15, 0.2) is 16.6 Å². The fourth-order valence-corrected chi connectivity index (χ4v) is 5.50. The van der Waals surface area contributed by atoms with Crippen molar-refractivity contribution in [3.05, 3.63) is 11.6 Å². The molecule has 2 unspecified atom stereocenters. The van der Waals surface area contributed by atoms with Crippen molar-refractivity contribution in [1.82, 2.24) is 13.7 Å². The Morgan fingerprint density at radius 3 is 2.90 bits per heavy atom. The summed E-state index contributed by atoms with van der Waals surface area (Å²) >= 11 is 1.38. The highest BCUT2D eigenvalue weighted by Gasteiger charge is 2.36. The number of rotatable bonds is 2. The molecule has 1 aliphatic heterocycles. The molecule has 0 spiro atoms. The van der Waals surface area contributed by atoms with Gasteiger partial charge in [0.05, 0.1) is 0 Å². The SMILES string of the molecule is CC1CCN(S(=O)(=O)c2c(N)nc3sccn23)C(C)C1. The molecule has 1 fully saturated rings. The Kier molecular flexibility index (Phi) is 3.26. The number of sulfonamides is 1. The first-order chi connectivity index (χ1) is 9.41. The molecule has 2 N–H and O–H groups in total. The number of thiazole rings is 1. The maximum Gasteiger partial charge on any atom is 0.263 e. The van der Waals surface area contributed by atoms with Crippen LogP contribution in [0.4, 0.5) is 5.82 Å². The number of aromatic nitrogens is 2. The van der Waals surface area contributed by atoms with Crippen molar-refractivity contribution in [1.29, 1.82) is 0 Å². The molecule has 0 saturated carbocycles. The zero-order valence-corrected chi connectivity index (χ0v) is 13.1. The molecule has 20 heavy (non-hydrogen) atoms. The number of fused-ring (bicyclic) bond motifs is 1. The largest absolute Gasteiger partial charge is 0.381 e. The van der Waals surface area contributed by atoms with Crippen LogP contribution in [0.3, 0.4) is 0 Å². The maximum atomic E-state index is 12.9. The minimum Gasteiger partial charge on any atom is -0.381 e. The number of nitrogens with two attached hydrogens (primary N) is 1. The second kappa shape index (κ2) is 4.71. The van der Waals surface area contributed by atoms with Gasteiger partial charge in [-0.05, 0) is 25.7 Å². The topological polar surface area (TPSA) is 80.7 Å². The van der Waals surface area contributed by atoms with Crippen molar-refractivity contribution in [2.75, 3.05) is 12.3 Å². The van der Waals surface area contributed by atoms with Gasteiger partial charge in [-0.25, -0.2) is 13.4 Å². The molecule has 8 heteroatoms. The van der Waals surface area contributed by atoms with E-state index in [0.717, 1.165) is 12.8 Å². The third-order valence-electron chi connectivity index (χ3n) is 3.87. The van der Waals surface area contributed by atoms with E-state index in [4.69, 9.17) is 5.73 Å². The molecule has 2 atom stereocenters. The van der Waals surface area contributed by atoms with Gasteiger partial charge in [0.1, 0.15) is 0 Å². The minimum absolute atomic E-state index is 0.00710. The van der Waals surface area contributed by atoms with Gasteiger partial charge in [-0.1, -0.05) is 6.92 Å². The highest BCUT2D eigenvalue weighted by molar-refractivity contribution is 7.89. The standard InChI is InChI=1S/C12H18N4O2S2/c1-8-3-4-16(9(2)7-8)20(17,18)11-10(13)14-12-15(11)5-6-19-12/h5-6,8-9H,3-4,7,13H2,1-2H3. The molecular weight excluding hydrogens is 296 g/mol. The average molecular weight is 314 g/mol. The molecule has 110 valence electrons. The summed E-state index contributed by atoms with van der Waals surface area (Å²) in [5, 5.41) is 1.91. The fraction of sp³-hybridized carbons (Fsp3) is 0.583. The fourth-order valence-electron chi connectivity index (χ4n) is 2.89. The van der Waals surface area contributed by atoms with Crippen molar-refractivity contribution in [2.45, 2.75) is 37.8 Å². The van der Waals surface area contributed by atoms with E-state index < -0.39 is 10.0 Å². The number of piperidine rings is 1. The van der Waals surface area contributed by atoms with E-state index in [9.17, 15) is 8.42 Å². The lowest BCUT2D eigenvalue weighted by molar-refractivity contribution is 0.219. The lowest BCUT2D eigenvalue weighted by Crippen LogP contribution is -2.44. The number of imidazole rings is 1. The lowest BCUT2D eigenvalue weighted by atomic mass is 9.95. The monoisotopic (exact) mass is 314 g/mol. The Morgan fingerprint density at radius 1 is 1.45 bits per heavy atom. The lowest BCUT2D eigenvalue weighted by Gasteiger charge is -2.35. The first-order valence-electron chi connectivity index (χ1n) is 6.64. The normalized spacial score (nSPS) is 25.3. The van der Waals surface area contributed by atoms with Crippen LogP contribution in [0, 0.1) is 5.92 Å². The smallest absolute Gasteiger partial charge is 0.263 e. The van der Waals surface area contributed by atoms with Crippen LogP contribution in [0.2, 0.25) is 0 Å². The molecule has 1 aliphatic rings. The summed E-state index contributed by atoms with van der Waals surface area (Å²) in [4.78, 5) is 4.74. The molecule has 0 bridgehead atoms. The highest BCUT2D eigenvalue weighted by Crippen LogP contribution is 2.31. The molecule has 2 aromatic rings. The van der Waals surface area contributed by atoms with E-state index in [1.807, 2.05) is 12.3 Å². The van der Waals surface area contributed by atoms with Gasteiger partial charge in [-0.2, -0.15) is 4.31 Å². The average Bonchev–Trinajstić information content (AvgIpc) is 2.87. The van der Waals surface area contributed by atoms with E-state index in [2.05, 4.69) is 11.9 Å². The highest BCUT2D eigenvalue weighted by atomic mass is 32.2. The summed E-state index contributed by atoms with van der Waals surface area (Å²) in [6, 6.07) is -0.00710. The van der Waals surface area contributed by atoms with Gasteiger partial charge in [0.2, 0.25) is 0 Å².